The first kappa shape index (κ1) is 11.3. The third-order valence-electron chi connectivity index (χ3n) is 0.402. The van der Waals surface area contributed by atoms with E-state index in [2.05, 4.69) is 4.74 Å². The van der Waals surface area contributed by atoms with Gasteiger partial charge in [0.2, 0.25) is 0 Å². The first-order valence-electron chi connectivity index (χ1n) is 2.18. The second-order valence-corrected chi connectivity index (χ2v) is 2.33. The Kier molecular flexibility index (Phi) is 6.15. The summed E-state index contributed by atoms with van der Waals surface area (Å²) in [5, 5.41) is 0. The zero-order valence-electron chi connectivity index (χ0n) is 4.89. The van der Waals surface area contributed by atoms with E-state index in [1.54, 1.807) is 0 Å². The maximum absolute atomic E-state index is 9.60. The summed E-state index contributed by atoms with van der Waals surface area (Å²) in [6.45, 7) is 5.92. The third kappa shape index (κ3) is 9.69. The van der Waals surface area contributed by atoms with Gasteiger partial charge in [-0.1, -0.05) is 0 Å². The van der Waals surface area contributed by atoms with Crippen molar-refractivity contribution in [1.29, 1.82) is 0 Å². The Morgan fingerprint density at radius 3 is 1.75 bits per heavy atom. The molecule has 0 saturated carbocycles. The van der Waals surface area contributed by atoms with Gasteiger partial charge in [-0.15, -0.1) is 0 Å². The predicted octanol–water partition coefficient (Wildman–Crippen LogP) is 0.309. The van der Waals surface area contributed by atoms with E-state index in [0.717, 1.165) is 0 Å². The summed E-state index contributed by atoms with van der Waals surface area (Å²) in [5.74, 6) is 0. The van der Waals surface area contributed by atoms with Crippen molar-refractivity contribution in [1.82, 2.24) is 0 Å². The number of carbonyl (C=O) groups excluding carboxylic acids is 1. The molecule has 0 unspecified atom stereocenters. The van der Waals surface area contributed by atoms with E-state index < -0.39 is 0 Å². The average molecular weight is 126 g/mol. The summed E-state index contributed by atoms with van der Waals surface area (Å²) in [6.07, 6.45) is 0. The molecule has 2 nitrogen and oxygen atoms in total. The van der Waals surface area contributed by atoms with Crippen LogP contribution in [0.1, 0.15) is 20.8 Å². The monoisotopic (exact) mass is 126 g/mol. The van der Waals surface area contributed by atoms with Crippen LogP contribution in [0.5, 0.6) is 0 Å². The molecule has 0 atom stereocenters. The molecule has 0 aliphatic heterocycles. The van der Waals surface area contributed by atoms with Gasteiger partial charge in [-0.05, 0) is 20.8 Å². The SMILES string of the molecule is CC(C)(C)OC=O.[NaH]. The van der Waals surface area contributed by atoms with Crippen molar-refractivity contribution >= 4 is 36.0 Å². The van der Waals surface area contributed by atoms with Crippen molar-refractivity contribution in [3.05, 3.63) is 0 Å². The van der Waals surface area contributed by atoms with Crippen molar-refractivity contribution in [2.75, 3.05) is 0 Å². The number of hydrogen-bond acceptors (Lipinski definition) is 2. The average Bonchev–Trinajstić information content (AvgIpc) is 1.30. The van der Waals surface area contributed by atoms with E-state index in [9.17, 15) is 4.79 Å². The summed E-state index contributed by atoms with van der Waals surface area (Å²) >= 11 is 0. The topological polar surface area (TPSA) is 26.3 Å². The van der Waals surface area contributed by atoms with E-state index in [0.29, 0.717) is 6.47 Å². The second kappa shape index (κ2) is 4.36. The van der Waals surface area contributed by atoms with Crippen LogP contribution in [0.2, 0.25) is 0 Å². The Hall–Kier alpha value is 0.470. The Morgan fingerprint density at radius 2 is 1.75 bits per heavy atom. The third-order valence-corrected chi connectivity index (χ3v) is 0.402. The van der Waals surface area contributed by atoms with Crippen LogP contribution in [0.25, 0.3) is 0 Å². The quantitative estimate of drug-likeness (QED) is 0.373. The molecule has 0 radical (unpaired) electrons. The number of carbonyl (C=O) groups is 1. The van der Waals surface area contributed by atoms with E-state index in [1.165, 1.54) is 0 Å². The molecule has 0 aromatic heterocycles. The van der Waals surface area contributed by atoms with Gasteiger partial charge < -0.3 is 4.74 Å². The van der Waals surface area contributed by atoms with Crippen LogP contribution >= 0.6 is 0 Å². The molecule has 0 aromatic rings. The molecule has 0 fully saturated rings. The normalized spacial score (nSPS) is 9.38. The Morgan fingerprint density at radius 1 is 1.38 bits per heavy atom. The standard InChI is InChI=1S/C5H10O2.Na.H/c1-5(2,3)7-4-6;;/h4H,1-3H3;;. The predicted molar refractivity (Wildman–Crippen MR) is 34.1 cm³/mol. The van der Waals surface area contributed by atoms with E-state index >= 15 is 0 Å². The summed E-state index contributed by atoms with van der Waals surface area (Å²) in [7, 11) is 0. The molecule has 0 aliphatic carbocycles. The molecular formula is C5H11NaO2. The zero-order valence-corrected chi connectivity index (χ0v) is 4.89. The van der Waals surface area contributed by atoms with Gasteiger partial charge in [0.05, 0.1) is 0 Å². The summed E-state index contributed by atoms with van der Waals surface area (Å²) in [6, 6.07) is 0. The summed E-state index contributed by atoms with van der Waals surface area (Å²) in [4.78, 5) is 9.60. The van der Waals surface area contributed by atoms with Crippen LogP contribution in [0.15, 0.2) is 0 Å². The molecule has 3 heteroatoms. The van der Waals surface area contributed by atoms with Crippen LogP contribution in [0, 0.1) is 0 Å². The molecule has 0 heterocycles. The molecule has 0 aliphatic rings. The molecule has 0 saturated heterocycles. The molecule has 0 aromatic carbocycles. The van der Waals surface area contributed by atoms with Gasteiger partial charge in [0, 0.05) is 0 Å². The fourth-order valence-corrected chi connectivity index (χ4v) is 0.144. The Labute approximate surface area is 71.9 Å². The Balaban J connectivity index is 0. The molecule has 0 bridgehead atoms. The maximum atomic E-state index is 9.60. The molecule has 0 N–H and O–H groups in total. The van der Waals surface area contributed by atoms with Crippen LogP contribution < -0.4 is 0 Å². The van der Waals surface area contributed by atoms with Crippen molar-refractivity contribution in [3.63, 3.8) is 0 Å². The van der Waals surface area contributed by atoms with Crippen LogP contribution in [0.3, 0.4) is 0 Å². The van der Waals surface area contributed by atoms with Gasteiger partial charge in [-0.3, -0.25) is 4.79 Å². The van der Waals surface area contributed by atoms with Gasteiger partial charge in [-0.2, -0.15) is 0 Å². The molecule has 44 valence electrons. The van der Waals surface area contributed by atoms with Gasteiger partial charge in [0.25, 0.3) is 6.47 Å². The second-order valence-electron chi connectivity index (χ2n) is 2.33. The number of ether oxygens (including phenoxy) is 1. The molecule has 0 spiro atoms. The van der Waals surface area contributed by atoms with Crippen LogP contribution in [-0.4, -0.2) is 41.6 Å². The number of hydrogen-bond donors (Lipinski definition) is 0. The van der Waals surface area contributed by atoms with Gasteiger partial charge >= 0.3 is 29.6 Å². The van der Waals surface area contributed by atoms with E-state index in [1.807, 2.05) is 20.8 Å². The summed E-state index contributed by atoms with van der Waals surface area (Å²) in [5.41, 5.74) is -0.318. The van der Waals surface area contributed by atoms with Crippen molar-refractivity contribution < 1.29 is 9.53 Å². The fourth-order valence-electron chi connectivity index (χ4n) is 0.144. The van der Waals surface area contributed by atoms with Crippen molar-refractivity contribution in [2.24, 2.45) is 0 Å². The van der Waals surface area contributed by atoms with E-state index in [4.69, 9.17) is 0 Å². The van der Waals surface area contributed by atoms with Gasteiger partial charge in [-0.25, -0.2) is 0 Å². The number of rotatable bonds is 1. The first-order chi connectivity index (χ1) is 3.06. The Bertz CT molecular complexity index is 65.3. The van der Waals surface area contributed by atoms with Crippen LogP contribution in [-0.2, 0) is 9.53 Å². The van der Waals surface area contributed by atoms with Crippen LogP contribution in [0.4, 0.5) is 0 Å². The van der Waals surface area contributed by atoms with E-state index in [-0.39, 0.29) is 35.2 Å². The van der Waals surface area contributed by atoms with Crippen molar-refractivity contribution in [3.8, 4) is 0 Å². The molecule has 0 amide bonds. The molecule has 8 heavy (non-hydrogen) atoms. The van der Waals surface area contributed by atoms with Crippen molar-refractivity contribution in [2.45, 2.75) is 26.4 Å². The minimum absolute atomic E-state index is 0. The zero-order chi connectivity index (χ0) is 5.91. The minimum atomic E-state index is -0.318. The van der Waals surface area contributed by atoms with Gasteiger partial charge in [0.1, 0.15) is 5.60 Å². The fraction of sp³-hybridized carbons (Fsp3) is 0.800. The molecular weight excluding hydrogens is 115 g/mol. The van der Waals surface area contributed by atoms with Gasteiger partial charge in [0.15, 0.2) is 0 Å². The summed E-state index contributed by atoms with van der Waals surface area (Å²) < 4.78 is 4.55. The first-order valence-corrected chi connectivity index (χ1v) is 2.18. The molecule has 0 rings (SSSR count).